The molecule has 2 aliphatic heterocycles. The SMILES string of the molecule is C[C@@H]1[C@H](c2c(O)ccc(Cl)c2Cl)CC(=O)N1C1CNC1. The largest absolute Gasteiger partial charge is 0.508 e. The van der Waals surface area contributed by atoms with Gasteiger partial charge in [-0.2, -0.15) is 0 Å². The minimum Gasteiger partial charge on any atom is -0.508 e. The van der Waals surface area contributed by atoms with Crippen molar-refractivity contribution in [3.63, 3.8) is 0 Å². The predicted octanol–water partition coefficient (Wildman–Crippen LogP) is 2.38. The van der Waals surface area contributed by atoms with Gasteiger partial charge >= 0.3 is 0 Å². The first-order valence-electron chi connectivity index (χ1n) is 6.69. The molecule has 6 heteroatoms. The number of amides is 1. The lowest BCUT2D eigenvalue weighted by atomic mass is 9.91. The van der Waals surface area contributed by atoms with Crippen LogP contribution in [0.2, 0.25) is 10.0 Å². The fraction of sp³-hybridized carbons (Fsp3) is 0.500. The van der Waals surface area contributed by atoms with Crippen LogP contribution >= 0.6 is 23.2 Å². The van der Waals surface area contributed by atoms with Gasteiger partial charge in [0.25, 0.3) is 0 Å². The molecule has 0 aliphatic carbocycles. The molecule has 108 valence electrons. The molecule has 2 N–H and O–H groups in total. The number of carbonyl (C=O) groups is 1. The van der Waals surface area contributed by atoms with Crippen LogP contribution < -0.4 is 5.32 Å². The molecule has 20 heavy (non-hydrogen) atoms. The smallest absolute Gasteiger partial charge is 0.223 e. The number of nitrogens with one attached hydrogen (secondary N) is 1. The van der Waals surface area contributed by atoms with E-state index < -0.39 is 0 Å². The number of likely N-dealkylation sites (tertiary alicyclic amines) is 1. The second-order valence-electron chi connectivity index (χ2n) is 5.46. The summed E-state index contributed by atoms with van der Waals surface area (Å²) in [6.07, 6.45) is 0.366. The van der Waals surface area contributed by atoms with Crippen molar-refractivity contribution in [1.29, 1.82) is 0 Å². The van der Waals surface area contributed by atoms with Gasteiger partial charge in [0.15, 0.2) is 0 Å². The second kappa shape index (κ2) is 5.10. The maximum Gasteiger partial charge on any atom is 0.223 e. The van der Waals surface area contributed by atoms with Crippen molar-refractivity contribution in [2.45, 2.75) is 31.3 Å². The summed E-state index contributed by atoms with van der Waals surface area (Å²) >= 11 is 12.3. The highest BCUT2D eigenvalue weighted by Gasteiger charge is 2.44. The third-order valence-corrected chi connectivity index (χ3v) is 5.16. The molecule has 4 nitrogen and oxygen atoms in total. The highest BCUT2D eigenvalue weighted by Crippen LogP contribution is 2.45. The number of hydrogen-bond donors (Lipinski definition) is 2. The van der Waals surface area contributed by atoms with Crippen LogP contribution in [-0.4, -0.2) is 41.1 Å². The van der Waals surface area contributed by atoms with Gasteiger partial charge in [-0.25, -0.2) is 0 Å². The third-order valence-electron chi connectivity index (χ3n) is 4.34. The van der Waals surface area contributed by atoms with Crippen molar-refractivity contribution >= 4 is 29.1 Å². The van der Waals surface area contributed by atoms with Gasteiger partial charge < -0.3 is 15.3 Å². The van der Waals surface area contributed by atoms with Crippen molar-refractivity contribution in [3.05, 3.63) is 27.7 Å². The Morgan fingerprint density at radius 3 is 2.65 bits per heavy atom. The van der Waals surface area contributed by atoms with Gasteiger partial charge in [0.05, 0.1) is 16.1 Å². The van der Waals surface area contributed by atoms with E-state index in [4.69, 9.17) is 23.2 Å². The Balaban J connectivity index is 1.95. The zero-order chi connectivity index (χ0) is 14.4. The summed E-state index contributed by atoms with van der Waals surface area (Å²) in [5.41, 5.74) is 0.592. The lowest BCUT2D eigenvalue weighted by molar-refractivity contribution is -0.131. The first kappa shape index (κ1) is 14.0. The second-order valence-corrected chi connectivity index (χ2v) is 6.24. The maximum atomic E-state index is 12.3. The molecule has 0 radical (unpaired) electrons. The van der Waals surface area contributed by atoms with E-state index in [1.807, 2.05) is 11.8 Å². The van der Waals surface area contributed by atoms with Crippen molar-refractivity contribution in [2.24, 2.45) is 0 Å². The van der Waals surface area contributed by atoms with Crippen molar-refractivity contribution in [2.75, 3.05) is 13.1 Å². The van der Waals surface area contributed by atoms with Crippen LogP contribution in [0.15, 0.2) is 12.1 Å². The summed E-state index contributed by atoms with van der Waals surface area (Å²) < 4.78 is 0. The number of phenols is 1. The molecule has 3 rings (SSSR count). The third kappa shape index (κ3) is 2.07. The van der Waals surface area contributed by atoms with Crippen LogP contribution in [0.1, 0.15) is 24.8 Å². The average Bonchev–Trinajstić information content (AvgIpc) is 2.61. The van der Waals surface area contributed by atoms with E-state index >= 15 is 0 Å². The topological polar surface area (TPSA) is 52.6 Å². The van der Waals surface area contributed by atoms with E-state index in [1.54, 1.807) is 6.07 Å². The Morgan fingerprint density at radius 2 is 2.05 bits per heavy atom. The molecule has 0 saturated carbocycles. The van der Waals surface area contributed by atoms with Crippen LogP contribution in [-0.2, 0) is 4.79 Å². The Kier molecular flexibility index (Phi) is 3.56. The molecular formula is C14H16Cl2N2O2. The summed E-state index contributed by atoms with van der Waals surface area (Å²) in [6.45, 7) is 3.67. The number of hydrogen-bond acceptors (Lipinski definition) is 3. The highest BCUT2D eigenvalue weighted by molar-refractivity contribution is 6.42. The van der Waals surface area contributed by atoms with Crippen molar-refractivity contribution in [3.8, 4) is 5.75 Å². The van der Waals surface area contributed by atoms with Crippen molar-refractivity contribution in [1.82, 2.24) is 10.2 Å². The minimum atomic E-state index is -0.116. The summed E-state index contributed by atoms with van der Waals surface area (Å²) in [5.74, 6) is 0.108. The fourth-order valence-electron chi connectivity index (χ4n) is 3.14. The average molecular weight is 315 g/mol. The molecule has 2 saturated heterocycles. The minimum absolute atomic E-state index is 0.0106. The van der Waals surface area contributed by atoms with Crippen LogP contribution in [0.25, 0.3) is 0 Å². The molecule has 2 fully saturated rings. The standard InChI is InChI=1S/C14H16Cl2N2O2/c1-7-9(4-12(20)18(7)8-5-17-6-8)13-11(19)3-2-10(15)14(13)16/h2-3,7-9,17,19H,4-6H2,1H3/t7-,9-/m1/s1. The molecule has 2 atom stereocenters. The van der Waals surface area contributed by atoms with E-state index in [0.29, 0.717) is 22.0 Å². The van der Waals surface area contributed by atoms with E-state index in [1.165, 1.54) is 6.07 Å². The molecule has 0 spiro atoms. The summed E-state index contributed by atoms with van der Waals surface area (Å²) in [6, 6.07) is 3.37. The summed E-state index contributed by atoms with van der Waals surface area (Å²) in [7, 11) is 0. The zero-order valence-electron chi connectivity index (χ0n) is 11.1. The van der Waals surface area contributed by atoms with E-state index in [9.17, 15) is 9.90 Å². The zero-order valence-corrected chi connectivity index (χ0v) is 12.6. The van der Waals surface area contributed by atoms with Gasteiger partial charge in [-0.15, -0.1) is 0 Å². The highest BCUT2D eigenvalue weighted by atomic mass is 35.5. The first-order chi connectivity index (χ1) is 9.50. The molecule has 0 bridgehead atoms. The van der Waals surface area contributed by atoms with Crippen LogP contribution in [0.3, 0.4) is 0 Å². The molecule has 2 aliphatic rings. The normalized spacial score (nSPS) is 26.9. The number of carbonyl (C=O) groups excluding carboxylic acids is 1. The molecule has 0 aromatic heterocycles. The Morgan fingerprint density at radius 1 is 1.35 bits per heavy atom. The van der Waals surface area contributed by atoms with E-state index in [2.05, 4.69) is 5.32 Å². The van der Waals surface area contributed by atoms with Gasteiger partial charge in [-0.05, 0) is 19.1 Å². The molecule has 1 aromatic carbocycles. The summed E-state index contributed by atoms with van der Waals surface area (Å²) in [5, 5.41) is 14.0. The van der Waals surface area contributed by atoms with Crippen LogP contribution in [0, 0.1) is 0 Å². The lowest BCUT2D eigenvalue weighted by Gasteiger charge is -2.39. The van der Waals surface area contributed by atoms with Gasteiger partial charge in [-0.3, -0.25) is 4.79 Å². The monoisotopic (exact) mass is 314 g/mol. The van der Waals surface area contributed by atoms with Gasteiger partial charge in [0, 0.05) is 37.0 Å². The van der Waals surface area contributed by atoms with Crippen molar-refractivity contribution < 1.29 is 9.90 Å². The Hall–Kier alpha value is -0.970. The number of aromatic hydroxyl groups is 1. The van der Waals surface area contributed by atoms with Crippen LogP contribution in [0.4, 0.5) is 0 Å². The maximum absolute atomic E-state index is 12.3. The van der Waals surface area contributed by atoms with E-state index in [0.717, 1.165) is 13.1 Å². The fourth-order valence-corrected chi connectivity index (χ4v) is 3.61. The molecular weight excluding hydrogens is 299 g/mol. The Bertz CT molecular complexity index is 560. The number of halogens is 2. The quantitative estimate of drug-likeness (QED) is 0.881. The lowest BCUT2D eigenvalue weighted by Crippen LogP contribution is -2.59. The predicted molar refractivity (Wildman–Crippen MR) is 78.5 cm³/mol. The molecule has 0 unspecified atom stereocenters. The van der Waals surface area contributed by atoms with Gasteiger partial charge in [0.1, 0.15) is 5.75 Å². The molecule has 1 amide bonds. The number of nitrogens with zero attached hydrogens (tertiary/aromatic N) is 1. The van der Waals surface area contributed by atoms with E-state index in [-0.39, 0.29) is 29.7 Å². The van der Waals surface area contributed by atoms with Crippen LogP contribution in [0.5, 0.6) is 5.75 Å². The first-order valence-corrected chi connectivity index (χ1v) is 7.45. The van der Waals surface area contributed by atoms with Gasteiger partial charge in [0.2, 0.25) is 5.91 Å². The molecule has 2 heterocycles. The number of rotatable bonds is 2. The van der Waals surface area contributed by atoms with Gasteiger partial charge in [-0.1, -0.05) is 23.2 Å². The number of benzene rings is 1. The molecule has 1 aromatic rings. The number of phenolic OH excluding ortho intramolecular Hbond substituents is 1. The summed E-state index contributed by atoms with van der Waals surface area (Å²) in [4.78, 5) is 14.2. The Labute approximate surface area is 127 Å².